The smallest absolute Gasteiger partial charge is 0.244 e. The standard InChI is InChI=1S/C13H16BrN3O/c1-13(2,3)10(15)12-16-11(17-18-12)8-6-4-5-7-9(8)14/h4-7,10H,15H2,1-3H3. The molecule has 0 amide bonds. The SMILES string of the molecule is CC(C)(C)C(N)c1nc(-c2ccccc2Br)no1. The summed E-state index contributed by atoms with van der Waals surface area (Å²) in [7, 11) is 0. The Labute approximate surface area is 115 Å². The first-order chi connectivity index (χ1) is 8.39. The van der Waals surface area contributed by atoms with E-state index in [1.54, 1.807) is 0 Å². The number of nitrogens with zero attached hydrogens (tertiary/aromatic N) is 2. The van der Waals surface area contributed by atoms with Crippen LogP contribution in [0.4, 0.5) is 0 Å². The lowest BCUT2D eigenvalue weighted by molar-refractivity contribution is 0.253. The largest absolute Gasteiger partial charge is 0.337 e. The molecule has 1 aromatic heterocycles. The minimum Gasteiger partial charge on any atom is -0.337 e. The van der Waals surface area contributed by atoms with Gasteiger partial charge in [0, 0.05) is 10.0 Å². The fraction of sp³-hybridized carbons (Fsp3) is 0.385. The lowest BCUT2D eigenvalue weighted by Crippen LogP contribution is -2.26. The summed E-state index contributed by atoms with van der Waals surface area (Å²) in [6.07, 6.45) is 0. The Hall–Kier alpha value is -1.20. The fourth-order valence-electron chi connectivity index (χ4n) is 1.48. The maximum atomic E-state index is 6.09. The summed E-state index contributed by atoms with van der Waals surface area (Å²) in [6, 6.07) is 7.47. The number of aromatic nitrogens is 2. The molecule has 1 heterocycles. The third-order valence-electron chi connectivity index (χ3n) is 2.76. The van der Waals surface area contributed by atoms with Crippen molar-refractivity contribution in [3.05, 3.63) is 34.6 Å². The molecule has 0 fully saturated rings. The lowest BCUT2D eigenvalue weighted by Gasteiger charge is -2.23. The number of nitrogens with two attached hydrogens (primary N) is 1. The number of benzene rings is 1. The highest BCUT2D eigenvalue weighted by Crippen LogP contribution is 2.31. The van der Waals surface area contributed by atoms with Crippen molar-refractivity contribution in [3.63, 3.8) is 0 Å². The number of rotatable bonds is 2. The molecule has 0 saturated carbocycles. The topological polar surface area (TPSA) is 64.9 Å². The molecule has 0 aliphatic carbocycles. The van der Waals surface area contributed by atoms with Crippen molar-refractivity contribution >= 4 is 15.9 Å². The van der Waals surface area contributed by atoms with E-state index in [4.69, 9.17) is 10.3 Å². The van der Waals surface area contributed by atoms with Gasteiger partial charge in [0.1, 0.15) is 0 Å². The second kappa shape index (κ2) is 4.82. The molecular formula is C13H16BrN3O. The highest BCUT2D eigenvalue weighted by atomic mass is 79.9. The van der Waals surface area contributed by atoms with Crippen LogP contribution in [0.15, 0.2) is 33.3 Å². The fourth-order valence-corrected chi connectivity index (χ4v) is 1.95. The normalized spacial score (nSPS) is 13.6. The Kier molecular flexibility index (Phi) is 3.54. The Balaban J connectivity index is 2.35. The van der Waals surface area contributed by atoms with E-state index in [0.717, 1.165) is 10.0 Å². The zero-order valence-electron chi connectivity index (χ0n) is 10.6. The van der Waals surface area contributed by atoms with Crippen molar-refractivity contribution in [2.45, 2.75) is 26.8 Å². The van der Waals surface area contributed by atoms with Crippen LogP contribution >= 0.6 is 15.9 Å². The summed E-state index contributed by atoms with van der Waals surface area (Å²) < 4.78 is 6.19. The van der Waals surface area contributed by atoms with Crippen molar-refractivity contribution in [1.82, 2.24) is 10.1 Å². The van der Waals surface area contributed by atoms with Crippen molar-refractivity contribution in [2.24, 2.45) is 11.1 Å². The van der Waals surface area contributed by atoms with Gasteiger partial charge in [-0.2, -0.15) is 4.98 Å². The third-order valence-corrected chi connectivity index (χ3v) is 3.45. The van der Waals surface area contributed by atoms with Crippen LogP contribution in [-0.2, 0) is 0 Å². The second-order valence-corrected chi connectivity index (χ2v) is 6.13. The van der Waals surface area contributed by atoms with E-state index in [2.05, 4.69) is 26.1 Å². The number of halogens is 1. The van der Waals surface area contributed by atoms with E-state index in [0.29, 0.717) is 11.7 Å². The molecule has 4 nitrogen and oxygen atoms in total. The van der Waals surface area contributed by atoms with E-state index in [1.165, 1.54) is 0 Å². The maximum Gasteiger partial charge on any atom is 0.244 e. The maximum absolute atomic E-state index is 6.09. The Morgan fingerprint density at radius 3 is 2.56 bits per heavy atom. The summed E-state index contributed by atoms with van der Waals surface area (Å²) in [5.41, 5.74) is 6.88. The third kappa shape index (κ3) is 2.62. The molecule has 0 bridgehead atoms. The predicted octanol–water partition coefficient (Wildman–Crippen LogP) is 3.55. The molecule has 0 spiro atoms. The van der Waals surface area contributed by atoms with Crippen LogP contribution in [0, 0.1) is 5.41 Å². The highest BCUT2D eigenvalue weighted by Gasteiger charge is 2.27. The van der Waals surface area contributed by atoms with E-state index < -0.39 is 0 Å². The summed E-state index contributed by atoms with van der Waals surface area (Å²) in [5.74, 6) is 1.02. The van der Waals surface area contributed by atoms with Gasteiger partial charge in [-0.15, -0.1) is 0 Å². The number of hydrogen-bond acceptors (Lipinski definition) is 4. The molecule has 2 N–H and O–H groups in total. The van der Waals surface area contributed by atoms with Crippen LogP contribution in [0.5, 0.6) is 0 Å². The van der Waals surface area contributed by atoms with Crippen molar-refractivity contribution in [2.75, 3.05) is 0 Å². The van der Waals surface area contributed by atoms with Crippen LogP contribution in [0.2, 0.25) is 0 Å². The minimum atomic E-state index is -0.277. The first-order valence-electron chi connectivity index (χ1n) is 5.73. The Morgan fingerprint density at radius 2 is 1.94 bits per heavy atom. The van der Waals surface area contributed by atoms with Gasteiger partial charge in [-0.1, -0.05) is 54.0 Å². The summed E-state index contributed by atoms with van der Waals surface area (Å²) in [5, 5.41) is 3.99. The molecule has 2 aromatic rings. The highest BCUT2D eigenvalue weighted by molar-refractivity contribution is 9.10. The molecule has 0 aliphatic heterocycles. The van der Waals surface area contributed by atoms with E-state index >= 15 is 0 Å². The Morgan fingerprint density at radius 1 is 1.28 bits per heavy atom. The minimum absolute atomic E-state index is 0.113. The second-order valence-electron chi connectivity index (χ2n) is 5.28. The molecular weight excluding hydrogens is 294 g/mol. The average molecular weight is 310 g/mol. The number of hydrogen-bond donors (Lipinski definition) is 1. The van der Waals surface area contributed by atoms with Gasteiger partial charge in [-0.05, 0) is 17.5 Å². The molecule has 1 aromatic carbocycles. The van der Waals surface area contributed by atoms with Crippen LogP contribution < -0.4 is 5.73 Å². The van der Waals surface area contributed by atoms with E-state index in [-0.39, 0.29) is 11.5 Å². The molecule has 0 saturated heterocycles. The van der Waals surface area contributed by atoms with Gasteiger partial charge in [0.05, 0.1) is 6.04 Å². The van der Waals surface area contributed by atoms with Gasteiger partial charge < -0.3 is 10.3 Å². The molecule has 0 radical (unpaired) electrons. The zero-order chi connectivity index (χ0) is 13.3. The summed E-state index contributed by atoms with van der Waals surface area (Å²) in [6.45, 7) is 6.12. The van der Waals surface area contributed by atoms with Crippen LogP contribution in [0.3, 0.4) is 0 Å². The Bertz CT molecular complexity index is 545. The van der Waals surface area contributed by atoms with Crippen molar-refractivity contribution < 1.29 is 4.52 Å². The van der Waals surface area contributed by atoms with Gasteiger partial charge in [-0.25, -0.2) is 0 Å². The average Bonchev–Trinajstić information content (AvgIpc) is 2.76. The van der Waals surface area contributed by atoms with Crippen LogP contribution in [0.1, 0.15) is 32.7 Å². The zero-order valence-corrected chi connectivity index (χ0v) is 12.2. The van der Waals surface area contributed by atoms with Crippen LogP contribution in [-0.4, -0.2) is 10.1 Å². The molecule has 1 atom stereocenters. The van der Waals surface area contributed by atoms with E-state index in [1.807, 2.05) is 45.0 Å². The molecule has 2 rings (SSSR count). The van der Waals surface area contributed by atoms with Gasteiger partial charge in [-0.3, -0.25) is 0 Å². The summed E-state index contributed by atoms with van der Waals surface area (Å²) in [4.78, 5) is 4.37. The van der Waals surface area contributed by atoms with Gasteiger partial charge in [0.15, 0.2) is 0 Å². The monoisotopic (exact) mass is 309 g/mol. The van der Waals surface area contributed by atoms with Gasteiger partial charge in [0.25, 0.3) is 0 Å². The van der Waals surface area contributed by atoms with Gasteiger partial charge in [0.2, 0.25) is 11.7 Å². The molecule has 96 valence electrons. The first kappa shape index (κ1) is 13.2. The van der Waals surface area contributed by atoms with Crippen molar-refractivity contribution in [1.29, 1.82) is 0 Å². The molecule has 18 heavy (non-hydrogen) atoms. The quantitative estimate of drug-likeness (QED) is 0.921. The van der Waals surface area contributed by atoms with Crippen LogP contribution in [0.25, 0.3) is 11.4 Å². The van der Waals surface area contributed by atoms with E-state index in [9.17, 15) is 0 Å². The van der Waals surface area contributed by atoms with Crippen molar-refractivity contribution in [3.8, 4) is 11.4 Å². The molecule has 1 unspecified atom stereocenters. The lowest BCUT2D eigenvalue weighted by atomic mass is 9.87. The summed E-state index contributed by atoms with van der Waals surface area (Å²) >= 11 is 3.47. The molecule has 0 aliphatic rings. The predicted molar refractivity (Wildman–Crippen MR) is 73.8 cm³/mol. The first-order valence-corrected chi connectivity index (χ1v) is 6.53. The van der Waals surface area contributed by atoms with Gasteiger partial charge >= 0.3 is 0 Å². The molecule has 5 heteroatoms.